The van der Waals surface area contributed by atoms with Crippen LogP contribution < -0.4 is 15.3 Å². The van der Waals surface area contributed by atoms with Gasteiger partial charge in [0.05, 0.1) is 18.3 Å². The second kappa shape index (κ2) is 11.3. The van der Waals surface area contributed by atoms with Crippen LogP contribution in [-0.2, 0) is 11.4 Å². The highest BCUT2D eigenvalue weighted by Crippen LogP contribution is 2.36. The lowest BCUT2D eigenvalue weighted by Crippen LogP contribution is -2.44. The molecule has 1 N–H and O–H groups in total. The number of amides is 1. The summed E-state index contributed by atoms with van der Waals surface area (Å²) in [6, 6.07) is 27.2. The Morgan fingerprint density at radius 1 is 1.03 bits per heavy atom. The Kier molecular flexibility index (Phi) is 7.50. The highest BCUT2D eigenvalue weighted by Gasteiger charge is 2.26. The number of piperazine rings is 1. The van der Waals surface area contributed by atoms with Gasteiger partial charge in [-0.1, -0.05) is 48.5 Å². The van der Waals surface area contributed by atoms with Crippen molar-refractivity contribution in [2.45, 2.75) is 6.54 Å². The Hall–Kier alpha value is -4.45. The van der Waals surface area contributed by atoms with Crippen molar-refractivity contribution in [1.29, 1.82) is 5.26 Å². The number of rotatable bonds is 7. The molecule has 1 saturated heterocycles. The van der Waals surface area contributed by atoms with Crippen molar-refractivity contribution >= 4 is 34.0 Å². The van der Waals surface area contributed by atoms with Gasteiger partial charge in [-0.05, 0) is 42.9 Å². The maximum atomic E-state index is 13.4. The number of nitrogens with one attached hydrogen (secondary N) is 1. The minimum atomic E-state index is -0.403. The summed E-state index contributed by atoms with van der Waals surface area (Å²) < 4.78 is 0. The smallest absolute Gasteiger partial charge is 0.283 e. The average molecular weight is 507 g/mol. The normalized spacial score (nSPS) is 13.8. The zero-order valence-corrected chi connectivity index (χ0v) is 21.6. The Bertz CT molecular complexity index is 1460. The lowest BCUT2D eigenvalue weighted by Gasteiger charge is -2.34. The SMILES string of the molecule is CON(C(=O)c1ccccc1)c1nc2ccc(N3CCN(C)CC3)cc2c(NCc2ccccc2)c1C#N. The number of carbonyl (C=O) groups is 1. The number of fused-ring (bicyclic) bond motifs is 1. The number of carbonyl (C=O) groups excluding carboxylic acids is 1. The van der Waals surface area contributed by atoms with Crippen molar-refractivity contribution in [2.24, 2.45) is 0 Å². The highest BCUT2D eigenvalue weighted by atomic mass is 16.7. The van der Waals surface area contributed by atoms with Gasteiger partial charge in [0.25, 0.3) is 5.91 Å². The lowest BCUT2D eigenvalue weighted by atomic mass is 10.1. The molecule has 0 saturated carbocycles. The zero-order chi connectivity index (χ0) is 26.5. The molecule has 0 unspecified atom stereocenters. The monoisotopic (exact) mass is 506 g/mol. The molecule has 0 atom stereocenters. The summed E-state index contributed by atoms with van der Waals surface area (Å²) in [6.07, 6.45) is 0. The quantitative estimate of drug-likeness (QED) is 0.364. The minimum absolute atomic E-state index is 0.152. The molecule has 1 fully saturated rings. The predicted octanol–water partition coefficient (Wildman–Crippen LogP) is 4.68. The van der Waals surface area contributed by atoms with Crippen molar-refractivity contribution in [3.8, 4) is 6.07 Å². The van der Waals surface area contributed by atoms with Gasteiger partial charge in [0.1, 0.15) is 11.6 Å². The summed E-state index contributed by atoms with van der Waals surface area (Å²) in [5, 5.41) is 15.7. The molecule has 1 aliphatic heterocycles. The second-order valence-corrected chi connectivity index (χ2v) is 9.28. The van der Waals surface area contributed by atoms with Crippen molar-refractivity contribution in [2.75, 3.05) is 55.6 Å². The first-order chi connectivity index (χ1) is 18.6. The maximum absolute atomic E-state index is 13.4. The standard InChI is InChI=1S/C30H30N6O2/c1-34-15-17-35(18-16-34)24-13-14-27-25(19-24)28(32-21-22-9-5-3-6-10-22)26(20-31)29(33-27)36(38-2)30(37)23-11-7-4-8-12-23/h3-14,19H,15-18,21H2,1-2H3,(H,32,33). The van der Waals surface area contributed by atoms with Crippen LogP contribution in [0, 0.1) is 11.3 Å². The van der Waals surface area contributed by atoms with Crippen LogP contribution in [-0.4, -0.2) is 56.1 Å². The van der Waals surface area contributed by atoms with E-state index in [4.69, 9.17) is 9.82 Å². The Labute approximate surface area is 222 Å². The second-order valence-electron chi connectivity index (χ2n) is 9.28. The molecule has 0 bridgehead atoms. The molecular formula is C30H30N6O2. The number of hydroxylamine groups is 1. The van der Waals surface area contributed by atoms with Gasteiger partial charge in [0.15, 0.2) is 5.82 Å². The third kappa shape index (κ3) is 5.16. The lowest BCUT2D eigenvalue weighted by molar-refractivity contribution is 0.0769. The fraction of sp³-hybridized carbons (Fsp3) is 0.233. The summed E-state index contributed by atoms with van der Waals surface area (Å²) in [5.41, 5.74) is 4.11. The number of nitriles is 1. The third-order valence-electron chi connectivity index (χ3n) is 6.82. The van der Waals surface area contributed by atoms with E-state index >= 15 is 0 Å². The van der Waals surface area contributed by atoms with Crippen LogP contribution in [0.25, 0.3) is 10.9 Å². The fourth-order valence-corrected chi connectivity index (χ4v) is 4.69. The molecule has 1 aromatic heterocycles. The van der Waals surface area contributed by atoms with Gasteiger partial charge in [-0.3, -0.25) is 9.63 Å². The summed E-state index contributed by atoms with van der Waals surface area (Å²) in [5.74, 6) is -0.251. The summed E-state index contributed by atoms with van der Waals surface area (Å²) >= 11 is 0. The molecule has 0 aliphatic carbocycles. The van der Waals surface area contributed by atoms with Gasteiger partial charge < -0.3 is 15.1 Å². The van der Waals surface area contributed by atoms with E-state index in [1.165, 1.54) is 7.11 Å². The minimum Gasteiger partial charge on any atom is -0.379 e. The number of benzene rings is 3. The van der Waals surface area contributed by atoms with Crippen LogP contribution in [0.2, 0.25) is 0 Å². The van der Waals surface area contributed by atoms with E-state index in [1.807, 2.05) is 48.5 Å². The topological polar surface area (TPSA) is 84.7 Å². The number of aromatic nitrogens is 1. The van der Waals surface area contributed by atoms with E-state index in [9.17, 15) is 10.1 Å². The maximum Gasteiger partial charge on any atom is 0.283 e. The zero-order valence-electron chi connectivity index (χ0n) is 21.6. The molecule has 1 amide bonds. The Morgan fingerprint density at radius 3 is 2.37 bits per heavy atom. The van der Waals surface area contributed by atoms with Gasteiger partial charge in [0.2, 0.25) is 0 Å². The first-order valence-electron chi connectivity index (χ1n) is 12.6. The first kappa shape index (κ1) is 25.2. The molecule has 2 heterocycles. The fourth-order valence-electron chi connectivity index (χ4n) is 4.69. The van der Waals surface area contributed by atoms with Crippen molar-refractivity contribution in [3.05, 3.63) is 95.6 Å². The number of hydrogen-bond donors (Lipinski definition) is 1. The first-order valence-corrected chi connectivity index (χ1v) is 12.6. The summed E-state index contributed by atoms with van der Waals surface area (Å²) in [4.78, 5) is 28.3. The van der Waals surface area contributed by atoms with E-state index in [2.05, 4.69) is 34.3 Å². The van der Waals surface area contributed by atoms with Gasteiger partial charge >= 0.3 is 0 Å². The molecule has 0 spiro atoms. The van der Waals surface area contributed by atoms with Crippen LogP contribution in [0.3, 0.4) is 0 Å². The van der Waals surface area contributed by atoms with Gasteiger partial charge in [0, 0.05) is 49.4 Å². The van der Waals surface area contributed by atoms with Crippen LogP contribution in [0.5, 0.6) is 0 Å². The molecule has 4 aromatic rings. The van der Waals surface area contributed by atoms with Crippen LogP contribution in [0.15, 0.2) is 78.9 Å². The third-order valence-corrected chi connectivity index (χ3v) is 6.82. The molecular weight excluding hydrogens is 476 g/mol. The van der Waals surface area contributed by atoms with E-state index in [1.54, 1.807) is 24.3 Å². The molecule has 5 rings (SSSR count). The summed E-state index contributed by atoms with van der Waals surface area (Å²) in [7, 11) is 3.54. The van der Waals surface area contributed by atoms with Crippen LogP contribution in [0.1, 0.15) is 21.5 Å². The molecule has 8 nitrogen and oxygen atoms in total. The van der Waals surface area contributed by atoms with Gasteiger partial charge in [-0.2, -0.15) is 10.3 Å². The largest absolute Gasteiger partial charge is 0.379 e. The van der Waals surface area contributed by atoms with Gasteiger partial charge in [-0.15, -0.1) is 0 Å². The summed E-state index contributed by atoms with van der Waals surface area (Å²) in [6.45, 7) is 4.33. The van der Waals surface area contributed by atoms with Crippen LogP contribution in [0.4, 0.5) is 17.2 Å². The molecule has 3 aromatic carbocycles. The molecule has 38 heavy (non-hydrogen) atoms. The molecule has 0 radical (unpaired) electrons. The van der Waals surface area contributed by atoms with Crippen LogP contribution >= 0.6 is 0 Å². The molecule has 192 valence electrons. The Balaban J connectivity index is 1.62. The van der Waals surface area contributed by atoms with Crippen molar-refractivity contribution in [1.82, 2.24) is 9.88 Å². The van der Waals surface area contributed by atoms with E-state index in [0.29, 0.717) is 23.3 Å². The van der Waals surface area contributed by atoms with Crippen molar-refractivity contribution < 1.29 is 9.63 Å². The van der Waals surface area contributed by atoms with E-state index < -0.39 is 5.91 Å². The number of likely N-dealkylation sites (N-methyl/N-ethyl adjacent to an activating group) is 1. The van der Waals surface area contributed by atoms with Gasteiger partial charge in [-0.25, -0.2) is 4.98 Å². The number of pyridine rings is 1. The van der Waals surface area contributed by atoms with E-state index in [-0.39, 0.29) is 11.4 Å². The predicted molar refractivity (Wildman–Crippen MR) is 150 cm³/mol. The molecule has 8 heteroatoms. The Morgan fingerprint density at radius 2 is 1.71 bits per heavy atom. The number of nitrogens with zero attached hydrogens (tertiary/aromatic N) is 5. The number of hydrogen-bond acceptors (Lipinski definition) is 7. The average Bonchev–Trinajstić information content (AvgIpc) is 2.97. The highest BCUT2D eigenvalue weighted by molar-refractivity contribution is 6.07. The van der Waals surface area contributed by atoms with E-state index in [0.717, 1.165) is 47.9 Å². The number of anilines is 3. The van der Waals surface area contributed by atoms with Crippen molar-refractivity contribution in [3.63, 3.8) is 0 Å². The molecule has 1 aliphatic rings.